The SMILES string of the molecule is CC\C=C/C=C\C=C/C=C\C=C/CCCC(=O)OC(COC(=O)CCCC/C=C\C/C=C\C/C=C\CC)COC(=O)CCCCC/C=C\C=C/CCCCCCCCC. The molecule has 0 spiro atoms. The molecule has 0 aliphatic heterocycles. The van der Waals surface area contributed by atoms with Gasteiger partial charge in [0.1, 0.15) is 13.2 Å². The van der Waals surface area contributed by atoms with E-state index in [1.165, 1.54) is 44.9 Å². The molecule has 59 heavy (non-hydrogen) atoms. The molecule has 0 aromatic rings. The molecular weight excluding hydrogens is 733 g/mol. The van der Waals surface area contributed by atoms with Gasteiger partial charge in [-0.25, -0.2) is 0 Å². The molecule has 0 amide bonds. The van der Waals surface area contributed by atoms with E-state index in [1.807, 2.05) is 54.7 Å². The van der Waals surface area contributed by atoms with E-state index >= 15 is 0 Å². The minimum Gasteiger partial charge on any atom is -0.462 e. The van der Waals surface area contributed by atoms with Crippen LogP contribution in [0.2, 0.25) is 0 Å². The summed E-state index contributed by atoms with van der Waals surface area (Å²) in [6, 6.07) is 0. The van der Waals surface area contributed by atoms with Crippen LogP contribution in [0, 0.1) is 0 Å². The predicted molar refractivity (Wildman–Crippen MR) is 251 cm³/mol. The van der Waals surface area contributed by atoms with Crippen molar-refractivity contribution >= 4 is 17.9 Å². The molecule has 0 N–H and O–H groups in total. The van der Waals surface area contributed by atoms with Crippen LogP contribution in [0.4, 0.5) is 0 Å². The lowest BCUT2D eigenvalue weighted by Crippen LogP contribution is -2.30. The van der Waals surface area contributed by atoms with Crippen LogP contribution in [-0.4, -0.2) is 37.2 Å². The first-order valence-corrected chi connectivity index (χ1v) is 23.1. The number of unbranched alkanes of at least 4 members (excludes halogenated alkanes) is 13. The van der Waals surface area contributed by atoms with Crippen LogP contribution in [0.3, 0.4) is 0 Å². The summed E-state index contributed by atoms with van der Waals surface area (Å²) in [7, 11) is 0. The number of rotatable bonds is 39. The van der Waals surface area contributed by atoms with Crippen molar-refractivity contribution in [2.24, 2.45) is 0 Å². The van der Waals surface area contributed by atoms with Crippen LogP contribution in [0.5, 0.6) is 0 Å². The van der Waals surface area contributed by atoms with Crippen molar-refractivity contribution in [3.63, 3.8) is 0 Å². The molecule has 0 saturated heterocycles. The Balaban J connectivity index is 4.61. The molecule has 1 atom stereocenters. The van der Waals surface area contributed by atoms with Crippen molar-refractivity contribution in [2.75, 3.05) is 13.2 Å². The third-order valence-electron chi connectivity index (χ3n) is 9.09. The fourth-order valence-electron chi connectivity index (χ4n) is 5.65. The highest BCUT2D eigenvalue weighted by molar-refractivity contribution is 5.71. The molecule has 1 unspecified atom stereocenters. The van der Waals surface area contributed by atoms with Gasteiger partial charge >= 0.3 is 17.9 Å². The first-order chi connectivity index (χ1) is 29.0. The van der Waals surface area contributed by atoms with Gasteiger partial charge < -0.3 is 14.2 Å². The first kappa shape index (κ1) is 54.8. The van der Waals surface area contributed by atoms with Crippen LogP contribution in [0.15, 0.2) is 122 Å². The van der Waals surface area contributed by atoms with E-state index in [9.17, 15) is 14.4 Å². The van der Waals surface area contributed by atoms with Crippen LogP contribution in [0.25, 0.3) is 0 Å². The Hall–Kier alpha value is -4.19. The third-order valence-corrected chi connectivity index (χ3v) is 9.09. The highest BCUT2D eigenvalue weighted by atomic mass is 16.6. The molecule has 0 radical (unpaired) electrons. The van der Waals surface area contributed by atoms with E-state index in [1.54, 1.807) is 0 Å². The van der Waals surface area contributed by atoms with Crippen molar-refractivity contribution in [3.8, 4) is 0 Å². The van der Waals surface area contributed by atoms with Gasteiger partial charge in [0.25, 0.3) is 0 Å². The Bertz CT molecular complexity index is 1300. The lowest BCUT2D eigenvalue weighted by atomic mass is 10.1. The average Bonchev–Trinajstić information content (AvgIpc) is 3.23. The van der Waals surface area contributed by atoms with Crippen LogP contribution in [-0.2, 0) is 28.6 Å². The van der Waals surface area contributed by atoms with Crippen molar-refractivity contribution in [1.82, 2.24) is 0 Å². The fourth-order valence-corrected chi connectivity index (χ4v) is 5.65. The molecule has 0 rings (SSSR count). The highest BCUT2D eigenvalue weighted by Gasteiger charge is 2.19. The number of hydrogen-bond acceptors (Lipinski definition) is 6. The van der Waals surface area contributed by atoms with Gasteiger partial charge in [0.05, 0.1) is 0 Å². The second-order valence-corrected chi connectivity index (χ2v) is 14.7. The third kappa shape index (κ3) is 44.8. The van der Waals surface area contributed by atoms with Gasteiger partial charge in [-0.15, -0.1) is 0 Å². The maximum Gasteiger partial charge on any atom is 0.306 e. The molecule has 0 aromatic heterocycles. The van der Waals surface area contributed by atoms with E-state index < -0.39 is 12.1 Å². The second kappa shape index (κ2) is 46.5. The summed E-state index contributed by atoms with van der Waals surface area (Å²) >= 11 is 0. The van der Waals surface area contributed by atoms with Gasteiger partial charge in [0.15, 0.2) is 6.10 Å². The van der Waals surface area contributed by atoms with Gasteiger partial charge in [-0.05, 0) is 89.9 Å². The second-order valence-electron chi connectivity index (χ2n) is 14.7. The van der Waals surface area contributed by atoms with E-state index in [4.69, 9.17) is 14.2 Å². The Labute approximate surface area is 361 Å². The number of esters is 3. The Kier molecular flexibility index (Phi) is 43.2. The van der Waals surface area contributed by atoms with E-state index in [0.717, 1.165) is 70.6 Å². The Morgan fingerprint density at radius 3 is 1.34 bits per heavy atom. The molecule has 0 saturated carbocycles. The van der Waals surface area contributed by atoms with E-state index in [0.29, 0.717) is 25.7 Å². The minimum atomic E-state index is -0.843. The standard InChI is InChI=1S/C53H82O6/c1-4-7-10-13-16-19-22-25-26-27-29-31-34-37-40-43-46-52(55)58-49-50(48-57-51(54)45-42-39-36-33-30-24-21-18-15-12-9-6-3)59-53(56)47-44-41-38-35-32-28-23-20-17-14-11-8-5-2/h8-9,11-12,14,17-18,20-21,23,26-33,35,38,50H,4-7,10,13,15-16,19,22,24-25,34,36-37,39-49H2,1-3H3/b11-8-,12-9-,17-14-,21-18-,23-20-,27-26-,31-29-,32-28-,33-30-,38-35-. The van der Waals surface area contributed by atoms with Crippen molar-refractivity contribution in [1.29, 1.82) is 0 Å². The summed E-state index contributed by atoms with van der Waals surface area (Å²) in [4.78, 5) is 37.7. The highest BCUT2D eigenvalue weighted by Crippen LogP contribution is 2.11. The Morgan fingerprint density at radius 1 is 0.373 bits per heavy atom. The van der Waals surface area contributed by atoms with E-state index in [-0.39, 0.29) is 38.0 Å². The van der Waals surface area contributed by atoms with Crippen LogP contribution in [0.1, 0.15) is 175 Å². The van der Waals surface area contributed by atoms with Crippen molar-refractivity contribution in [3.05, 3.63) is 122 Å². The summed E-state index contributed by atoms with van der Waals surface area (Å²) in [6.45, 7) is 6.21. The zero-order chi connectivity index (χ0) is 43.0. The normalized spacial score (nSPS) is 13.2. The number of allylic oxidation sites excluding steroid dienone is 20. The molecule has 0 aliphatic rings. The van der Waals surface area contributed by atoms with Crippen molar-refractivity contribution in [2.45, 2.75) is 181 Å². The molecule has 0 heterocycles. The zero-order valence-corrected chi connectivity index (χ0v) is 37.5. The molecule has 0 bridgehead atoms. The molecule has 6 nitrogen and oxygen atoms in total. The predicted octanol–water partition coefficient (Wildman–Crippen LogP) is 15.0. The number of ether oxygens (including phenoxy) is 3. The van der Waals surface area contributed by atoms with Gasteiger partial charge in [-0.3, -0.25) is 14.4 Å². The first-order valence-electron chi connectivity index (χ1n) is 23.1. The number of carbonyl (C=O) groups excluding carboxylic acids is 3. The smallest absolute Gasteiger partial charge is 0.306 e. The van der Waals surface area contributed by atoms with Crippen molar-refractivity contribution < 1.29 is 28.6 Å². The molecule has 0 aromatic carbocycles. The Morgan fingerprint density at radius 2 is 0.763 bits per heavy atom. The monoisotopic (exact) mass is 815 g/mol. The molecular formula is C53H82O6. The van der Waals surface area contributed by atoms with Gasteiger partial charge in [-0.2, -0.15) is 0 Å². The molecule has 6 heteroatoms. The maximum atomic E-state index is 12.7. The van der Waals surface area contributed by atoms with Crippen LogP contribution >= 0.6 is 0 Å². The number of hydrogen-bond donors (Lipinski definition) is 0. The number of carbonyl (C=O) groups is 3. The summed E-state index contributed by atoms with van der Waals surface area (Å²) in [5, 5.41) is 0. The summed E-state index contributed by atoms with van der Waals surface area (Å²) in [6.07, 6.45) is 63.4. The fraction of sp³-hybridized carbons (Fsp3) is 0.566. The summed E-state index contributed by atoms with van der Waals surface area (Å²) in [5.74, 6) is -1.09. The average molecular weight is 815 g/mol. The van der Waals surface area contributed by atoms with Gasteiger partial charge in [-0.1, -0.05) is 187 Å². The quantitative estimate of drug-likeness (QED) is 0.0202. The van der Waals surface area contributed by atoms with Crippen LogP contribution < -0.4 is 0 Å². The largest absolute Gasteiger partial charge is 0.462 e. The van der Waals surface area contributed by atoms with Gasteiger partial charge in [0.2, 0.25) is 0 Å². The maximum absolute atomic E-state index is 12.7. The summed E-state index contributed by atoms with van der Waals surface area (Å²) < 4.78 is 16.6. The topological polar surface area (TPSA) is 78.9 Å². The minimum absolute atomic E-state index is 0.137. The molecule has 330 valence electrons. The molecule has 0 fully saturated rings. The lowest BCUT2D eigenvalue weighted by molar-refractivity contribution is -0.167. The zero-order valence-electron chi connectivity index (χ0n) is 37.5. The summed E-state index contributed by atoms with van der Waals surface area (Å²) in [5.41, 5.74) is 0. The van der Waals surface area contributed by atoms with Gasteiger partial charge in [0, 0.05) is 19.3 Å². The molecule has 0 aliphatic carbocycles. The van der Waals surface area contributed by atoms with E-state index in [2.05, 4.69) is 87.6 Å². The lowest BCUT2D eigenvalue weighted by Gasteiger charge is -2.18.